The molecular weight excluding hydrogens is 295 g/mol. The summed E-state index contributed by atoms with van der Waals surface area (Å²) in [5, 5.41) is 2.73. The number of likely N-dealkylation sites (N-methyl/N-ethyl adjacent to an activating group) is 1. The van der Waals surface area contributed by atoms with Gasteiger partial charge in [0.2, 0.25) is 5.91 Å². The van der Waals surface area contributed by atoms with E-state index in [0.717, 1.165) is 11.3 Å². The van der Waals surface area contributed by atoms with E-state index in [1.54, 1.807) is 0 Å². The van der Waals surface area contributed by atoms with E-state index in [9.17, 15) is 9.18 Å². The third kappa shape index (κ3) is 6.08. The van der Waals surface area contributed by atoms with Crippen LogP contribution in [0.15, 0.2) is 48.5 Å². The number of anilines is 1. The van der Waals surface area contributed by atoms with Crippen molar-refractivity contribution < 1.29 is 13.9 Å². The van der Waals surface area contributed by atoms with E-state index >= 15 is 0 Å². The molecule has 5 heteroatoms. The van der Waals surface area contributed by atoms with Gasteiger partial charge in [-0.25, -0.2) is 4.39 Å². The zero-order valence-electron chi connectivity index (χ0n) is 13.4. The van der Waals surface area contributed by atoms with Gasteiger partial charge in [-0.3, -0.25) is 9.69 Å². The Kier molecular flexibility index (Phi) is 6.11. The molecule has 23 heavy (non-hydrogen) atoms. The normalized spacial score (nSPS) is 10.6. The van der Waals surface area contributed by atoms with Crippen molar-refractivity contribution in [3.63, 3.8) is 0 Å². The summed E-state index contributed by atoms with van der Waals surface area (Å²) in [6, 6.07) is 13.5. The highest BCUT2D eigenvalue weighted by Gasteiger charge is 2.07. The van der Waals surface area contributed by atoms with E-state index in [1.165, 1.54) is 24.3 Å². The van der Waals surface area contributed by atoms with E-state index < -0.39 is 0 Å². The first-order chi connectivity index (χ1) is 11.0. The molecule has 0 radical (unpaired) electrons. The molecule has 2 aromatic rings. The molecule has 0 aliphatic rings. The molecule has 0 aliphatic carbocycles. The van der Waals surface area contributed by atoms with Crippen LogP contribution < -0.4 is 10.1 Å². The third-order valence-electron chi connectivity index (χ3n) is 3.27. The summed E-state index contributed by atoms with van der Waals surface area (Å²) >= 11 is 0. The van der Waals surface area contributed by atoms with Crippen LogP contribution in [-0.4, -0.2) is 37.6 Å². The van der Waals surface area contributed by atoms with E-state index in [-0.39, 0.29) is 18.3 Å². The van der Waals surface area contributed by atoms with Crippen molar-refractivity contribution >= 4 is 11.6 Å². The van der Waals surface area contributed by atoms with Crippen molar-refractivity contribution in [1.82, 2.24) is 4.90 Å². The molecule has 0 fully saturated rings. The van der Waals surface area contributed by atoms with Gasteiger partial charge in [0, 0.05) is 12.2 Å². The van der Waals surface area contributed by atoms with Crippen molar-refractivity contribution in [2.75, 3.05) is 32.1 Å². The molecule has 0 unspecified atom stereocenters. The lowest BCUT2D eigenvalue weighted by Crippen LogP contribution is -2.33. The summed E-state index contributed by atoms with van der Waals surface area (Å²) in [7, 11) is 1.85. The molecule has 4 nitrogen and oxygen atoms in total. The van der Waals surface area contributed by atoms with Crippen molar-refractivity contribution in [3.05, 3.63) is 59.9 Å². The van der Waals surface area contributed by atoms with Gasteiger partial charge in [-0.2, -0.15) is 0 Å². The zero-order chi connectivity index (χ0) is 16.7. The molecule has 0 aliphatic heterocycles. The Morgan fingerprint density at radius 1 is 1.22 bits per heavy atom. The number of amides is 1. The lowest BCUT2D eigenvalue weighted by molar-refractivity contribution is -0.117. The van der Waals surface area contributed by atoms with E-state index in [0.29, 0.717) is 18.8 Å². The fraction of sp³-hybridized carbons (Fsp3) is 0.278. The van der Waals surface area contributed by atoms with E-state index in [4.69, 9.17) is 4.74 Å². The first-order valence-electron chi connectivity index (χ1n) is 7.46. The summed E-state index contributed by atoms with van der Waals surface area (Å²) in [6.07, 6.45) is 0. The van der Waals surface area contributed by atoms with Gasteiger partial charge in [-0.05, 0) is 55.9 Å². The first kappa shape index (κ1) is 17.0. The molecule has 1 amide bonds. The summed E-state index contributed by atoms with van der Waals surface area (Å²) in [5.41, 5.74) is 1.73. The standard InChI is InChI=1S/C18H21FN2O2/c1-14-4-3-5-17(12-14)23-11-10-21(2)13-18(22)20-16-8-6-15(19)7-9-16/h3-9,12H,10-11,13H2,1-2H3,(H,20,22). The quantitative estimate of drug-likeness (QED) is 0.853. The number of rotatable bonds is 7. The molecule has 0 atom stereocenters. The Morgan fingerprint density at radius 3 is 2.65 bits per heavy atom. The first-order valence-corrected chi connectivity index (χ1v) is 7.46. The highest BCUT2D eigenvalue weighted by Crippen LogP contribution is 2.12. The number of ether oxygens (including phenoxy) is 1. The van der Waals surface area contributed by atoms with Crippen molar-refractivity contribution in [1.29, 1.82) is 0 Å². The van der Waals surface area contributed by atoms with Crippen LogP contribution in [0.2, 0.25) is 0 Å². The van der Waals surface area contributed by atoms with Gasteiger partial charge in [-0.1, -0.05) is 12.1 Å². The largest absolute Gasteiger partial charge is 0.492 e. The Bertz CT molecular complexity index is 644. The van der Waals surface area contributed by atoms with Crippen molar-refractivity contribution in [2.24, 2.45) is 0 Å². The van der Waals surface area contributed by atoms with Gasteiger partial charge in [0.25, 0.3) is 0 Å². The van der Waals surface area contributed by atoms with Crippen LogP contribution in [0, 0.1) is 12.7 Å². The zero-order valence-corrected chi connectivity index (χ0v) is 13.4. The Hall–Kier alpha value is -2.40. The number of hydrogen-bond donors (Lipinski definition) is 1. The average molecular weight is 316 g/mol. The maximum Gasteiger partial charge on any atom is 0.238 e. The molecule has 122 valence electrons. The van der Waals surface area contributed by atoms with Crippen molar-refractivity contribution in [3.8, 4) is 5.75 Å². The van der Waals surface area contributed by atoms with E-state index in [1.807, 2.05) is 43.1 Å². The van der Waals surface area contributed by atoms with Crippen molar-refractivity contribution in [2.45, 2.75) is 6.92 Å². The van der Waals surface area contributed by atoms with E-state index in [2.05, 4.69) is 5.32 Å². The van der Waals surface area contributed by atoms with Gasteiger partial charge in [0.05, 0.1) is 6.54 Å². The molecule has 0 spiro atoms. The van der Waals surface area contributed by atoms with Crippen LogP contribution in [0.1, 0.15) is 5.56 Å². The van der Waals surface area contributed by atoms with Crippen LogP contribution in [0.5, 0.6) is 5.75 Å². The SMILES string of the molecule is Cc1cccc(OCCN(C)CC(=O)Nc2ccc(F)cc2)c1. The second kappa shape index (κ2) is 8.29. The van der Waals surface area contributed by atoms with Gasteiger partial charge in [0.1, 0.15) is 18.2 Å². The lowest BCUT2D eigenvalue weighted by atomic mass is 10.2. The summed E-state index contributed by atoms with van der Waals surface area (Å²) < 4.78 is 18.5. The van der Waals surface area contributed by atoms with Crippen LogP contribution in [-0.2, 0) is 4.79 Å². The molecule has 0 heterocycles. The van der Waals surface area contributed by atoms with Crippen LogP contribution in [0.3, 0.4) is 0 Å². The highest BCUT2D eigenvalue weighted by molar-refractivity contribution is 5.92. The fourth-order valence-corrected chi connectivity index (χ4v) is 2.08. The molecule has 2 rings (SSSR count). The number of carbonyl (C=O) groups is 1. The molecule has 0 aromatic heterocycles. The number of benzene rings is 2. The molecule has 0 saturated heterocycles. The molecule has 2 aromatic carbocycles. The third-order valence-corrected chi connectivity index (χ3v) is 3.27. The number of aryl methyl sites for hydroxylation is 1. The molecular formula is C18H21FN2O2. The second-order valence-electron chi connectivity index (χ2n) is 5.46. The smallest absolute Gasteiger partial charge is 0.238 e. The van der Waals surface area contributed by atoms with Crippen LogP contribution in [0.25, 0.3) is 0 Å². The minimum atomic E-state index is -0.326. The monoisotopic (exact) mass is 316 g/mol. The second-order valence-corrected chi connectivity index (χ2v) is 5.46. The Labute approximate surface area is 135 Å². The molecule has 0 bridgehead atoms. The number of nitrogens with zero attached hydrogens (tertiary/aromatic N) is 1. The van der Waals surface area contributed by atoms with Gasteiger partial charge in [0.15, 0.2) is 0 Å². The summed E-state index contributed by atoms with van der Waals surface area (Å²) in [6.45, 7) is 3.39. The predicted octanol–water partition coefficient (Wildman–Crippen LogP) is 3.08. The topological polar surface area (TPSA) is 41.6 Å². The van der Waals surface area contributed by atoms with Crippen LogP contribution in [0.4, 0.5) is 10.1 Å². The minimum Gasteiger partial charge on any atom is -0.492 e. The number of halogens is 1. The molecule has 1 N–H and O–H groups in total. The maximum absolute atomic E-state index is 12.8. The van der Waals surface area contributed by atoms with Crippen LogP contribution >= 0.6 is 0 Å². The number of hydrogen-bond acceptors (Lipinski definition) is 3. The maximum atomic E-state index is 12.8. The highest BCUT2D eigenvalue weighted by atomic mass is 19.1. The fourth-order valence-electron chi connectivity index (χ4n) is 2.08. The number of carbonyl (C=O) groups excluding carboxylic acids is 1. The molecule has 0 saturated carbocycles. The Balaban J connectivity index is 1.70. The average Bonchev–Trinajstić information content (AvgIpc) is 2.49. The van der Waals surface area contributed by atoms with Gasteiger partial charge < -0.3 is 10.1 Å². The Morgan fingerprint density at radius 2 is 1.96 bits per heavy atom. The van der Waals surface area contributed by atoms with Gasteiger partial charge >= 0.3 is 0 Å². The lowest BCUT2D eigenvalue weighted by Gasteiger charge is -2.16. The minimum absolute atomic E-state index is 0.144. The summed E-state index contributed by atoms with van der Waals surface area (Å²) in [4.78, 5) is 13.8. The number of nitrogens with one attached hydrogen (secondary N) is 1. The summed E-state index contributed by atoms with van der Waals surface area (Å²) in [5.74, 6) is 0.359. The van der Waals surface area contributed by atoms with Gasteiger partial charge in [-0.15, -0.1) is 0 Å². The predicted molar refractivity (Wildman–Crippen MR) is 89.2 cm³/mol.